The maximum atomic E-state index is 13.3. The highest BCUT2D eigenvalue weighted by atomic mass is 32.1. The average molecular weight is 430 g/mol. The molecule has 0 saturated carbocycles. The molecule has 1 amide bonds. The van der Waals surface area contributed by atoms with E-state index >= 15 is 0 Å². The van der Waals surface area contributed by atoms with Crippen LogP contribution in [0.2, 0.25) is 0 Å². The molecule has 1 aliphatic carbocycles. The number of amides is 1. The van der Waals surface area contributed by atoms with E-state index in [0.717, 1.165) is 35.3 Å². The summed E-state index contributed by atoms with van der Waals surface area (Å²) in [5.74, 6) is -0.168. The van der Waals surface area contributed by atoms with Gasteiger partial charge >= 0.3 is 0 Å². The lowest BCUT2D eigenvalue weighted by Gasteiger charge is -2.26. The SMILES string of the molecule is Cc1sc2ncn(CC(=O)N[C@@H]3CCCc4ccccc43)c(=O)c2c1-c1ccccc1. The molecule has 0 bridgehead atoms. The minimum absolute atomic E-state index is 0.00638. The Balaban J connectivity index is 1.45. The monoisotopic (exact) mass is 429 g/mol. The summed E-state index contributed by atoms with van der Waals surface area (Å²) >= 11 is 1.51. The highest BCUT2D eigenvalue weighted by Crippen LogP contribution is 2.35. The van der Waals surface area contributed by atoms with Gasteiger partial charge in [-0.3, -0.25) is 14.2 Å². The smallest absolute Gasteiger partial charge is 0.263 e. The zero-order chi connectivity index (χ0) is 21.4. The Bertz CT molecular complexity index is 1320. The number of benzene rings is 2. The number of nitrogens with zero attached hydrogens (tertiary/aromatic N) is 2. The first-order valence-electron chi connectivity index (χ1n) is 10.5. The van der Waals surface area contributed by atoms with Crippen LogP contribution in [-0.4, -0.2) is 15.5 Å². The lowest BCUT2D eigenvalue weighted by atomic mass is 9.88. The summed E-state index contributed by atoms with van der Waals surface area (Å²) in [5.41, 5.74) is 4.20. The second-order valence-electron chi connectivity index (χ2n) is 7.97. The van der Waals surface area contributed by atoms with Crippen LogP contribution in [0.3, 0.4) is 0 Å². The summed E-state index contributed by atoms with van der Waals surface area (Å²) in [4.78, 5) is 32.4. The predicted octanol–water partition coefficient (Wildman–Crippen LogP) is 4.63. The fourth-order valence-electron chi connectivity index (χ4n) is 4.50. The molecule has 5 nitrogen and oxygen atoms in total. The Labute approximate surface area is 184 Å². The lowest BCUT2D eigenvalue weighted by Crippen LogP contribution is -2.36. The molecule has 0 spiro atoms. The molecule has 2 heterocycles. The summed E-state index contributed by atoms with van der Waals surface area (Å²) in [5, 5.41) is 3.72. The van der Waals surface area contributed by atoms with E-state index in [-0.39, 0.29) is 24.1 Å². The third kappa shape index (κ3) is 3.68. The maximum absolute atomic E-state index is 13.3. The first kappa shape index (κ1) is 19.7. The number of rotatable bonds is 4. The highest BCUT2D eigenvalue weighted by Gasteiger charge is 2.22. The quantitative estimate of drug-likeness (QED) is 0.515. The van der Waals surface area contributed by atoms with Crippen LogP contribution in [0.15, 0.2) is 65.7 Å². The molecule has 4 aromatic rings. The number of hydrogen-bond acceptors (Lipinski definition) is 4. The van der Waals surface area contributed by atoms with Gasteiger partial charge in [-0.15, -0.1) is 11.3 Å². The molecule has 1 atom stereocenters. The van der Waals surface area contributed by atoms with Crippen LogP contribution in [0, 0.1) is 6.92 Å². The number of carbonyl (C=O) groups excluding carboxylic acids is 1. The molecule has 0 unspecified atom stereocenters. The van der Waals surface area contributed by atoms with Crippen molar-refractivity contribution in [2.24, 2.45) is 0 Å². The molecule has 1 N–H and O–H groups in total. The number of aryl methyl sites for hydroxylation is 2. The molecule has 6 heteroatoms. The zero-order valence-corrected chi connectivity index (χ0v) is 18.1. The first-order valence-corrected chi connectivity index (χ1v) is 11.3. The number of hydrogen-bond donors (Lipinski definition) is 1. The number of aromatic nitrogens is 2. The van der Waals surface area contributed by atoms with E-state index in [1.807, 2.05) is 49.4 Å². The number of carbonyl (C=O) groups is 1. The summed E-state index contributed by atoms with van der Waals surface area (Å²) in [6, 6.07) is 18.1. The molecular weight excluding hydrogens is 406 g/mol. The fraction of sp³-hybridized carbons (Fsp3) is 0.240. The molecule has 0 radical (unpaired) electrons. The van der Waals surface area contributed by atoms with Crippen molar-refractivity contribution in [1.29, 1.82) is 0 Å². The highest BCUT2D eigenvalue weighted by molar-refractivity contribution is 7.19. The van der Waals surface area contributed by atoms with E-state index in [9.17, 15) is 9.59 Å². The molecule has 0 fully saturated rings. The van der Waals surface area contributed by atoms with Crippen molar-refractivity contribution in [3.63, 3.8) is 0 Å². The van der Waals surface area contributed by atoms with Crippen molar-refractivity contribution >= 4 is 27.5 Å². The average Bonchev–Trinajstić information content (AvgIpc) is 3.13. The largest absolute Gasteiger partial charge is 0.348 e. The van der Waals surface area contributed by atoms with Crippen molar-refractivity contribution in [2.75, 3.05) is 0 Å². The number of thiophene rings is 1. The number of nitrogens with one attached hydrogen (secondary N) is 1. The van der Waals surface area contributed by atoms with E-state index in [1.165, 1.54) is 33.4 Å². The van der Waals surface area contributed by atoms with Crippen LogP contribution < -0.4 is 10.9 Å². The summed E-state index contributed by atoms with van der Waals surface area (Å²) < 4.78 is 1.42. The van der Waals surface area contributed by atoms with Crippen LogP contribution in [-0.2, 0) is 17.8 Å². The summed E-state index contributed by atoms with van der Waals surface area (Å²) in [6.07, 6.45) is 4.49. The van der Waals surface area contributed by atoms with Gasteiger partial charge in [0.15, 0.2) is 0 Å². The number of fused-ring (bicyclic) bond motifs is 2. The Morgan fingerprint density at radius 3 is 2.77 bits per heavy atom. The second-order valence-corrected chi connectivity index (χ2v) is 9.17. The van der Waals surface area contributed by atoms with Crippen LogP contribution in [0.5, 0.6) is 0 Å². The maximum Gasteiger partial charge on any atom is 0.263 e. The standard InChI is InChI=1S/C25H23N3O2S/c1-16-22(18-9-3-2-4-10-18)23-24(31-16)26-15-28(25(23)30)14-21(29)27-20-13-7-11-17-8-5-6-12-19(17)20/h2-6,8-10,12,15,20H,7,11,13-14H2,1H3,(H,27,29)/t20-/m1/s1. The fourth-order valence-corrected chi connectivity index (χ4v) is 5.50. The van der Waals surface area contributed by atoms with Gasteiger partial charge in [-0.05, 0) is 42.9 Å². The van der Waals surface area contributed by atoms with Crippen molar-refractivity contribution in [3.05, 3.63) is 87.3 Å². The Hall–Kier alpha value is -3.25. The van der Waals surface area contributed by atoms with E-state index < -0.39 is 0 Å². The van der Waals surface area contributed by atoms with Gasteiger partial charge in [-0.1, -0.05) is 54.6 Å². The third-order valence-electron chi connectivity index (χ3n) is 5.94. The Kier molecular flexibility index (Phi) is 5.16. The van der Waals surface area contributed by atoms with Crippen LogP contribution in [0.4, 0.5) is 0 Å². The molecular formula is C25H23N3O2S. The van der Waals surface area contributed by atoms with E-state index in [2.05, 4.69) is 22.4 Å². The van der Waals surface area contributed by atoms with E-state index in [1.54, 1.807) is 0 Å². The van der Waals surface area contributed by atoms with Gasteiger partial charge in [-0.2, -0.15) is 0 Å². The molecule has 0 aliphatic heterocycles. The van der Waals surface area contributed by atoms with Gasteiger partial charge in [-0.25, -0.2) is 4.98 Å². The molecule has 1 aliphatic rings. The lowest BCUT2D eigenvalue weighted by molar-refractivity contribution is -0.122. The van der Waals surface area contributed by atoms with Crippen LogP contribution >= 0.6 is 11.3 Å². The zero-order valence-electron chi connectivity index (χ0n) is 17.3. The van der Waals surface area contributed by atoms with Crippen molar-refractivity contribution < 1.29 is 4.79 Å². The van der Waals surface area contributed by atoms with Gasteiger partial charge in [0, 0.05) is 10.4 Å². The second kappa shape index (κ2) is 8.12. The van der Waals surface area contributed by atoms with Gasteiger partial charge in [0.1, 0.15) is 11.4 Å². The van der Waals surface area contributed by atoms with Crippen LogP contribution in [0.1, 0.15) is 34.9 Å². The summed E-state index contributed by atoms with van der Waals surface area (Å²) in [6.45, 7) is 1.97. The minimum Gasteiger partial charge on any atom is -0.348 e. The Morgan fingerprint density at radius 1 is 1.16 bits per heavy atom. The van der Waals surface area contributed by atoms with Gasteiger partial charge in [0.05, 0.1) is 17.8 Å². The molecule has 31 heavy (non-hydrogen) atoms. The van der Waals surface area contributed by atoms with Crippen molar-refractivity contribution in [3.8, 4) is 11.1 Å². The van der Waals surface area contributed by atoms with Crippen molar-refractivity contribution in [1.82, 2.24) is 14.9 Å². The molecule has 0 saturated heterocycles. The normalized spacial score (nSPS) is 15.6. The third-order valence-corrected chi connectivity index (χ3v) is 6.95. The van der Waals surface area contributed by atoms with Gasteiger partial charge in [0.2, 0.25) is 5.91 Å². The molecule has 5 rings (SSSR count). The van der Waals surface area contributed by atoms with Gasteiger partial charge in [0.25, 0.3) is 5.56 Å². The molecule has 156 valence electrons. The topological polar surface area (TPSA) is 64.0 Å². The van der Waals surface area contributed by atoms with E-state index in [4.69, 9.17) is 0 Å². The van der Waals surface area contributed by atoms with Crippen LogP contribution in [0.25, 0.3) is 21.3 Å². The van der Waals surface area contributed by atoms with Crippen molar-refractivity contribution in [2.45, 2.75) is 38.8 Å². The molecule has 2 aromatic carbocycles. The predicted molar refractivity (Wildman–Crippen MR) is 124 cm³/mol. The first-order chi connectivity index (χ1) is 15.1. The molecule has 2 aromatic heterocycles. The van der Waals surface area contributed by atoms with E-state index in [0.29, 0.717) is 10.2 Å². The summed E-state index contributed by atoms with van der Waals surface area (Å²) in [7, 11) is 0. The minimum atomic E-state index is -0.174. The Morgan fingerprint density at radius 2 is 1.94 bits per heavy atom. The van der Waals surface area contributed by atoms with Gasteiger partial charge < -0.3 is 5.32 Å².